The Hall–Kier alpha value is -1.26. The lowest BCUT2D eigenvalue weighted by molar-refractivity contribution is -0.127. The van der Waals surface area contributed by atoms with E-state index in [1.165, 1.54) is 0 Å². The third-order valence-electron chi connectivity index (χ3n) is 3.39. The van der Waals surface area contributed by atoms with Crippen molar-refractivity contribution in [2.24, 2.45) is 0 Å². The van der Waals surface area contributed by atoms with E-state index in [1.807, 2.05) is 19.9 Å². The van der Waals surface area contributed by atoms with Crippen molar-refractivity contribution in [1.29, 1.82) is 0 Å². The molecule has 1 aromatic carbocycles. The van der Waals surface area contributed by atoms with E-state index in [2.05, 4.69) is 10.6 Å². The van der Waals surface area contributed by atoms with Crippen molar-refractivity contribution in [3.8, 4) is 0 Å². The zero-order valence-electron chi connectivity index (χ0n) is 11.3. The molecule has 20 heavy (non-hydrogen) atoms. The lowest BCUT2D eigenvalue weighted by Gasteiger charge is -2.28. The largest absolute Gasteiger partial charge is 0.345 e. The summed E-state index contributed by atoms with van der Waals surface area (Å²) in [7, 11) is 0. The number of rotatable bonds is 3. The number of carbonyl (C=O) groups excluding carboxylic acids is 2. The van der Waals surface area contributed by atoms with Crippen LogP contribution in [0.2, 0.25) is 10.0 Å². The third kappa shape index (κ3) is 3.25. The molecule has 1 aromatic rings. The molecule has 1 atom stereocenters. The molecule has 0 saturated carbocycles. The summed E-state index contributed by atoms with van der Waals surface area (Å²) in [6.07, 6.45) is 0.924. The number of amides is 2. The second-order valence-electron chi connectivity index (χ2n) is 5.40. The molecule has 1 fully saturated rings. The van der Waals surface area contributed by atoms with Crippen molar-refractivity contribution < 1.29 is 9.59 Å². The molecule has 0 radical (unpaired) electrons. The molecule has 0 aliphatic carbocycles. The normalized spacial score (nSPS) is 18.8. The van der Waals surface area contributed by atoms with Gasteiger partial charge in [-0.15, -0.1) is 0 Å². The van der Waals surface area contributed by atoms with Crippen LogP contribution in [0.15, 0.2) is 18.2 Å². The van der Waals surface area contributed by atoms with E-state index in [0.717, 1.165) is 5.56 Å². The van der Waals surface area contributed by atoms with E-state index >= 15 is 0 Å². The summed E-state index contributed by atoms with van der Waals surface area (Å²) in [5.41, 5.74) is 0.253. The van der Waals surface area contributed by atoms with Gasteiger partial charge in [0.25, 0.3) is 0 Å². The highest BCUT2D eigenvalue weighted by atomic mass is 35.5. The fourth-order valence-electron chi connectivity index (χ4n) is 2.16. The fraction of sp³-hybridized carbons (Fsp3) is 0.429. The van der Waals surface area contributed by atoms with Crippen LogP contribution in [-0.2, 0) is 15.1 Å². The first-order valence-electron chi connectivity index (χ1n) is 6.36. The summed E-state index contributed by atoms with van der Waals surface area (Å²) < 4.78 is 0. The highest BCUT2D eigenvalue weighted by molar-refractivity contribution is 6.42. The van der Waals surface area contributed by atoms with E-state index in [-0.39, 0.29) is 11.8 Å². The Kier molecular flexibility index (Phi) is 4.25. The van der Waals surface area contributed by atoms with Crippen LogP contribution >= 0.6 is 23.2 Å². The molecule has 1 aliphatic rings. The highest BCUT2D eigenvalue weighted by Crippen LogP contribution is 2.28. The molecule has 2 N–H and O–H groups in total. The zero-order chi connectivity index (χ0) is 14.9. The maximum absolute atomic E-state index is 12.1. The topological polar surface area (TPSA) is 58.2 Å². The van der Waals surface area contributed by atoms with Gasteiger partial charge in [-0.05, 0) is 38.0 Å². The third-order valence-corrected chi connectivity index (χ3v) is 4.13. The molecule has 0 aromatic heterocycles. The standard InChI is InChI=1S/C14H16Cl2N2O2/c1-14(2,8-3-4-9(15)10(16)7-8)18-13(20)11-5-6-12(19)17-11/h3-4,7,11H,5-6H2,1-2H3,(H,17,19)(H,18,20)/t11-/m0/s1. The minimum Gasteiger partial charge on any atom is -0.345 e. The average Bonchev–Trinajstić information content (AvgIpc) is 2.79. The molecule has 0 bridgehead atoms. The van der Waals surface area contributed by atoms with Gasteiger partial charge in [0, 0.05) is 6.42 Å². The van der Waals surface area contributed by atoms with Crippen molar-refractivity contribution in [2.45, 2.75) is 38.3 Å². The zero-order valence-corrected chi connectivity index (χ0v) is 12.8. The second kappa shape index (κ2) is 5.62. The summed E-state index contributed by atoms with van der Waals surface area (Å²) in [5, 5.41) is 6.49. The minimum absolute atomic E-state index is 0.0857. The maximum Gasteiger partial charge on any atom is 0.243 e. The molecule has 1 saturated heterocycles. The lowest BCUT2D eigenvalue weighted by Crippen LogP contribution is -2.49. The van der Waals surface area contributed by atoms with Crippen molar-refractivity contribution >= 4 is 35.0 Å². The Morgan fingerprint density at radius 3 is 2.60 bits per heavy atom. The smallest absolute Gasteiger partial charge is 0.243 e. The van der Waals surface area contributed by atoms with Gasteiger partial charge >= 0.3 is 0 Å². The van der Waals surface area contributed by atoms with Crippen molar-refractivity contribution in [2.75, 3.05) is 0 Å². The molecule has 4 nitrogen and oxygen atoms in total. The molecule has 6 heteroatoms. The van der Waals surface area contributed by atoms with Gasteiger partial charge in [0.1, 0.15) is 6.04 Å². The Morgan fingerprint density at radius 2 is 2.05 bits per heavy atom. The number of carbonyl (C=O) groups is 2. The van der Waals surface area contributed by atoms with Gasteiger partial charge in [0.15, 0.2) is 0 Å². The Labute approximate surface area is 127 Å². The summed E-state index contributed by atoms with van der Waals surface area (Å²) in [4.78, 5) is 23.3. The Morgan fingerprint density at radius 1 is 1.35 bits per heavy atom. The molecule has 108 valence electrons. The number of hydrogen-bond acceptors (Lipinski definition) is 2. The van der Waals surface area contributed by atoms with Crippen LogP contribution in [0.5, 0.6) is 0 Å². The predicted octanol–water partition coefficient (Wildman–Crippen LogP) is 2.62. The number of hydrogen-bond donors (Lipinski definition) is 2. The minimum atomic E-state index is -0.599. The fourth-order valence-corrected chi connectivity index (χ4v) is 2.46. The van der Waals surface area contributed by atoms with E-state index in [1.54, 1.807) is 12.1 Å². The molecule has 2 amide bonds. The van der Waals surface area contributed by atoms with Gasteiger partial charge in [0.05, 0.1) is 15.6 Å². The van der Waals surface area contributed by atoms with Crippen molar-refractivity contribution in [1.82, 2.24) is 10.6 Å². The monoisotopic (exact) mass is 314 g/mol. The molecular formula is C14H16Cl2N2O2. The summed E-state index contributed by atoms with van der Waals surface area (Å²) >= 11 is 11.9. The van der Waals surface area contributed by atoms with Gasteiger partial charge in [-0.3, -0.25) is 9.59 Å². The Balaban J connectivity index is 2.11. The van der Waals surface area contributed by atoms with Crippen LogP contribution < -0.4 is 10.6 Å². The number of benzene rings is 1. The quantitative estimate of drug-likeness (QED) is 0.901. The summed E-state index contributed by atoms with van der Waals surface area (Å²) in [6.45, 7) is 3.75. The first-order chi connectivity index (χ1) is 9.29. The van der Waals surface area contributed by atoms with Crippen LogP contribution in [0.4, 0.5) is 0 Å². The van der Waals surface area contributed by atoms with Crippen molar-refractivity contribution in [3.05, 3.63) is 33.8 Å². The maximum atomic E-state index is 12.1. The van der Waals surface area contributed by atoms with Crippen LogP contribution in [0.1, 0.15) is 32.3 Å². The summed E-state index contributed by atoms with van der Waals surface area (Å²) in [6, 6.07) is 4.80. The first-order valence-corrected chi connectivity index (χ1v) is 7.12. The van der Waals surface area contributed by atoms with Gasteiger partial charge in [-0.1, -0.05) is 29.3 Å². The molecule has 1 heterocycles. The number of nitrogens with one attached hydrogen (secondary N) is 2. The SMILES string of the molecule is CC(C)(NC(=O)[C@@H]1CCC(=O)N1)c1ccc(Cl)c(Cl)c1. The van der Waals surface area contributed by atoms with Gasteiger partial charge in [0.2, 0.25) is 11.8 Å². The molecule has 2 rings (SSSR count). The molecule has 0 unspecified atom stereocenters. The molecule has 1 aliphatic heterocycles. The highest BCUT2D eigenvalue weighted by Gasteiger charge is 2.31. The summed E-state index contributed by atoms with van der Waals surface area (Å²) in [5.74, 6) is -0.274. The van der Waals surface area contributed by atoms with Crippen LogP contribution in [0, 0.1) is 0 Å². The first kappa shape index (κ1) is 15.1. The number of halogens is 2. The van der Waals surface area contributed by atoms with E-state index < -0.39 is 11.6 Å². The van der Waals surface area contributed by atoms with E-state index in [4.69, 9.17) is 23.2 Å². The lowest BCUT2D eigenvalue weighted by atomic mass is 9.94. The van der Waals surface area contributed by atoms with Crippen molar-refractivity contribution in [3.63, 3.8) is 0 Å². The average molecular weight is 315 g/mol. The van der Waals surface area contributed by atoms with Gasteiger partial charge < -0.3 is 10.6 Å². The second-order valence-corrected chi connectivity index (χ2v) is 6.22. The Bertz CT molecular complexity index is 558. The molecule has 0 spiro atoms. The van der Waals surface area contributed by atoms with Crippen LogP contribution in [-0.4, -0.2) is 17.9 Å². The molecular weight excluding hydrogens is 299 g/mol. The van der Waals surface area contributed by atoms with Crippen LogP contribution in [0.25, 0.3) is 0 Å². The van der Waals surface area contributed by atoms with Crippen LogP contribution in [0.3, 0.4) is 0 Å². The van der Waals surface area contributed by atoms with E-state index in [0.29, 0.717) is 22.9 Å². The van der Waals surface area contributed by atoms with Gasteiger partial charge in [-0.25, -0.2) is 0 Å². The van der Waals surface area contributed by atoms with E-state index in [9.17, 15) is 9.59 Å². The van der Waals surface area contributed by atoms with Gasteiger partial charge in [-0.2, -0.15) is 0 Å². The predicted molar refractivity (Wildman–Crippen MR) is 78.8 cm³/mol.